The van der Waals surface area contributed by atoms with Gasteiger partial charge >= 0.3 is 0 Å². The zero-order valence-corrected chi connectivity index (χ0v) is 16.8. The predicted molar refractivity (Wildman–Crippen MR) is 117 cm³/mol. The van der Waals surface area contributed by atoms with Crippen molar-refractivity contribution < 1.29 is 9.59 Å². The fraction of sp³-hybridized carbons (Fsp3) is 0.346. The van der Waals surface area contributed by atoms with Crippen LogP contribution >= 0.6 is 0 Å². The second-order valence-electron chi connectivity index (χ2n) is 8.88. The first-order valence-electron chi connectivity index (χ1n) is 10.7. The highest BCUT2D eigenvalue weighted by molar-refractivity contribution is 5.82. The Morgan fingerprint density at radius 2 is 1.90 bits per heavy atom. The molecule has 0 spiro atoms. The first-order valence-corrected chi connectivity index (χ1v) is 10.7. The molecule has 3 aromatic rings. The van der Waals surface area contributed by atoms with Crippen LogP contribution in [-0.4, -0.2) is 33.7 Å². The van der Waals surface area contributed by atoms with Crippen LogP contribution in [0.3, 0.4) is 0 Å². The number of hydrogen-bond acceptors (Lipinski definition) is 2. The number of para-hydroxylation sites is 1. The summed E-state index contributed by atoms with van der Waals surface area (Å²) in [5.41, 5.74) is 3.33. The first kappa shape index (κ1) is 18.5. The minimum Gasteiger partial charge on any atom is -0.382 e. The van der Waals surface area contributed by atoms with Gasteiger partial charge in [-0.25, -0.2) is 0 Å². The van der Waals surface area contributed by atoms with Crippen molar-refractivity contribution in [2.75, 3.05) is 13.1 Å². The van der Waals surface area contributed by atoms with E-state index in [0.29, 0.717) is 11.8 Å². The summed E-state index contributed by atoms with van der Waals surface area (Å²) in [5.74, 6) is 1.18. The number of hydrogen-bond donors (Lipinski definition) is 1. The van der Waals surface area contributed by atoms with E-state index >= 15 is 0 Å². The molecule has 5 atom stereocenters. The van der Waals surface area contributed by atoms with E-state index in [1.807, 2.05) is 30.5 Å². The van der Waals surface area contributed by atoms with Crippen molar-refractivity contribution >= 4 is 10.9 Å². The molecule has 3 aliphatic heterocycles. The van der Waals surface area contributed by atoms with Gasteiger partial charge in [-0.05, 0) is 23.6 Å². The van der Waals surface area contributed by atoms with Gasteiger partial charge in [0.05, 0.1) is 18.6 Å². The van der Waals surface area contributed by atoms with E-state index in [2.05, 4.69) is 54.0 Å². The minimum absolute atomic E-state index is 0.205. The summed E-state index contributed by atoms with van der Waals surface area (Å²) in [5, 5.41) is 12.8. The summed E-state index contributed by atoms with van der Waals surface area (Å²) in [4.78, 5) is 4.50. The van der Waals surface area contributed by atoms with Crippen molar-refractivity contribution in [1.82, 2.24) is 4.98 Å². The number of nitrogens with zero attached hydrogens (tertiary/aromatic N) is 2. The Kier molecular flexibility index (Phi) is 4.73. The SMILES string of the molecule is C=C[C@@H]1C[N+]2(Cc3ccccc3)CC[C@@H]1C[C@@H]2[C@H](O)c1ccnc2ccccc12. The number of benzene rings is 2. The zero-order chi connectivity index (χ0) is 19.8. The van der Waals surface area contributed by atoms with E-state index in [9.17, 15) is 5.11 Å². The van der Waals surface area contributed by atoms with Gasteiger partial charge in [0.15, 0.2) is 0 Å². The zero-order valence-electron chi connectivity index (χ0n) is 16.8. The minimum atomic E-state index is -0.486. The molecule has 0 amide bonds. The number of aliphatic hydroxyl groups excluding tert-OH is 1. The third-order valence-corrected chi connectivity index (χ3v) is 7.38. The fourth-order valence-corrected chi connectivity index (χ4v) is 5.91. The van der Waals surface area contributed by atoms with Crippen molar-refractivity contribution in [2.24, 2.45) is 11.8 Å². The smallest absolute Gasteiger partial charge is 0.131 e. The summed E-state index contributed by atoms with van der Waals surface area (Å²) >= 11 is 0. The molecule has 0 aliphatic carbocycles. The molecule has 1 N–H and O–H groups in total. The highest BCUT2D eigenvalue weighted by Crippen LogP contribution is 2.47. The lowest BCUT2D eigenvalue weighted by Gasteiger charge is -2.58. The third kappa shape index (κ3) is 3.19. The number of quaternary nitrogens is 1. The van der Waals surface area contributed by atoms with Crippen molar-refractivity contribution in [3.8, 4) is 0 Å². The van der Waals surface area contributed by atoms with Crippen molar-refractivity contribution in [1.29, 1.82) is 0 Å². The van der Waals surface area contributed by atoms with Crippen LogP contribution in [0.15, 0.2) is 79.5 Å². The molecule has 0 saturated carbocycles. The van der Waals surface area contributed by atoms with Gasteiger partial charge in [0, 0.05) is 35.9 Å². The van der Waals surface area contributed by atoms with E-state index in [1.54, 1.807) is 0 Å². The van der Waals surface area contributed by atoms with Crippen LogP contribution in [0, 0.1) is 11.8 Å². The topological polar surface area (TPSA) is 33.1 Å². The van der Waals surface area contributed by atoms with Crippen molar-refractivity contribution in [3.05, 3.63) is 90.6 Å². The fourth-order valence-electron chi connectivity index (χ4n) is 5.91. The Bertz CT molecular complexity index is 1010. The molecule has 3 fully saturated rings. The van der Waals surface area contributed by atoms with Crippen LogP contribution in [-0.2, 0) is 6.54 Å². The third-order valence-electron chi connectivity index (χ3n) is 7.38. The van der Waals surface area contributed by atoms with Crippen molar-refractivity contribution in [3.63, 3.8) is 0 Å². The van der Waals surface area contributed by atoms with Crippen molar-refractivity contribution in [2.45, 2.75) is 31.5 Å². The lowest BCUT2D eigenvalue weighted by atomic mass is 9.71. The standard InChI is InChI=1S/C26H29N2O/c1-2-20-18-28(17-19-8-4-3-5-9-19)15-13-21(20)16-25(28)26(29)23-12-14-27-24-11-7-6-10-22(23)24/h2-12,14,20-21,25-26,29H,1,13,15-18H2/q+1/t20-,21-,25-,26-,28?/m1/s1. The summed E-state index contributed by atoms with van der Waals surface area (Å²) in [6.07, 6.45) is 5.79. The molecule has 2 aromatic carbocycles. The average molecular weight is 386 g/mol. The average Bonchev–Trinajstić information content (AvgIpc) is 2.78. The highest BCUT2D eigenvalue weighted by Gasteiger charge is 2.53. The van der Waals surface area contributed by atoms with E-state index < -0.39 is 6.10 Å². The molecule has 0 radical (unpaired) electrons. The summed E-state index contributed by atoms with van der Waals surface area (Å²) < 4.78 is 0.953. The number of aromatic nitrogens is 1. The van der Waals surface area contributed by atoms with Gasteiger partial charge in [0.25, 0.3) is 0 Å². The van der Waals surface area contributed by atoms with E-state index in [0.717, 1.165) is 47.0 Å². The molecule has 2 bridgehead atoms. The lowest BCUT2D eigenvalue weighted by Crippen LogP contribution is -2.67. The molecule has 1 aromatic heterocycles. The number of aliphatic hydroxyl groups is 1. The maximum Gasteiger partial charge on any atom is 0.131 e. The van der Waals surface area contributed by atoms with Gasteiger partial charge in [0.1, 0.15) is 18.7 Å². The Morgan fingerprint density at radius 3 is 2.72 bits per heavy atom. The molecule has 3 nitrogen and oxygen atoms in total. The second kappa shape index (κ2) is 7.40. The maximum absolute atomic E-state index is 11.7. The largest absolute Gasteiger partial charge is 0.382 e. The predicted octanol–water partition coefficient (Wildman–Crippen LogP) is 4.88. The lowest BCUT2D eigenvalue weighted by molar-refractivity contribution is -0.984. The van der Waals surface area contributed by atoms with Gasteiger partial charge in [-0.2, -0.15) is 0 Å². The number of piperidine rings is 3. The number of pyridine rings is 1. The molecule has 1 unspecified atom stereocenters. The Morgan fingerprint density at radius 1 is 1.10 bits per heavy atom. The van der Waals surface area contributed by atoms with Crippen LogP contribution in [0.5, 0.6) is 0 Å². The van der Waals surface area contributed by atoms with E-state index in [-0.39, 0.29) is 6.04 Å². The normalized spacial score (nSPS) is 29.6. The Hall–Kier alpha value is -2.49. The molecule has 3 saturated heterocycles. The summed E-state index contributed by atoms with van der Waals surface area (Å²) in [7, 11) is 0. The second-order valence-corrected chi connectivity index (χ2v) is 8.88. The van der Waals surface area contributed by atoms with Gasteiger partial charge in [-0.3, -0.25) is 4.98 Å². The molecule has 3 heteroatoms. The summed E-state index contributed by atoms with van der Waals surface area (Å²) in [6, 6.07) is 21.2. The van der Waals surface area contributed by atoms with Crippen LogP contribution in [0.4, 0.5) is 0 Å². The van der Waals surface area contributed by atoms with Crippen LogP contribution in [0.1, 0.15) is 30.1 Å². The van der Waals surface area contributed by atoms with E-state index in [4.69, 9.17) is 0 Å². The molecule has 6 rings (SSSR count). The van der Waals surface area contributed by atoms with Crippen LogP contribution in [0.2, 0.25) is 0 Å². The molecular formula is C26H29N2O+. The van der Waals surface area contributed by atoms with Gasteiger partial charge in [-0.1, -0.05) is 54.6 Å². The highest BCUT2D eigenvalue weighted by atomic mass is 16.3. The quantitative estimate of drug-likeness (QED) is 0.502. The van der Waals surface area contributed by atoms with Gasteiger partial charge in [-0.15, -0.1) is 6.58 Å². The van der Waals surface area contributed by atoms with E-state index in [1.165, 1.54) is 12.0 Å². The molecule has 29 heavy (non-hydrogen) atoms. The Labute approximate surface area is 172 Å². The van der Waals surface area contributed by atoms with Crippen LogP contribution in [0.25, 0.3) is 10.9 Å². The number of fused-ring (bicyclic) bond motifs is 4. The Balaban J connectivity index is 1.56. The van der Waals surface area contributed by atoms with Crippen LogP contribution < -0.4 is 0 Å². The molecule has 4 heterocycles. The van der Waals surface area contributed by atoms with Gasteiger partial charge < -0.3 is 9.59 Å². The maximum atomic E-state index is 11.7. The molecule has 3 aliphatic rings. The molecular weight excluding hydrogens is 356 g/mol. The number of rotatable bonds is 5. The van der Waals surface area contributed by atoms with Gasteiger partial charge in [0.2, 0.25) is 0 Å². The first-order chi connectivity index (χ1) is 14.2. The summed E-state index contributed by atoms with van der Waals surface area (Å²) in [6.45, 7) is 7.32. The molecule has 148 valence electrons. The monoisotopic (exact) mass is 385 g/mol.